The minimum atomic E-state index is -0.0727. The van der Waals surface area contributed by atoms with E-state index < -0.39 is 0 Å². The zero-order valence-electron chi connectivity index (χ0n) is 14.9. The summed E-state index contributed by atoms with van der Waals surface area (Å²) in [6.45, 7) is 4.47. The summed E-state index contributed by atoms with van der Waals surface area (Å²) in [7, 11) is 0. The molecule has 6 heteroatoms. The van der Waals surface area contributed by atoms with Crippen LogP contribution in [-0.2, 0) is 4.79 Å². The highest BCUT2D eigenvalue weighted by Gasteiger charge is 2.07. The molecule has 1 N–H and O–H groups in total. The van der Waals surface area contributed by atoms with Gasteiger partial charge in [-0.2, -0.15) is 0 Å². The fraction of sp³-hybridized carbons (Fsp3) is 0.350. The van der Waals surface area contributed by atoms with Crippen LogP contribution >= 0.6 is 23.2 Å². The number of rotatable bonds is 9. The van der Waals surface area contributed by atoms with Gasteiger partial charge in [0.25, 0.3) is 0 Å². The molecule has 0 fully saturated rings. The molecule has 0 radical (unpaired) electrons. The number of carbonyl (C=O) groups is 1. The fourth-order valence-electron chi connectivity index (χ4n) is 2.19. The van der Waals surface area contributed by atoms with Crippen molar-refractivity contribution in [3.8, 4) is 11.5 Å². The summed E-state index contributed by atoms with van der Waals surface area (Å²) in [5.74, 6) is 1.24. The first-order valence-corrected chi connectivity index (χ1v) is 9.38. The quantitative estimate of drug-likeness (QED) is 0.532. The number of benzene rings is 2. The Morgan fingerprint density at radius 2 is 2.00 bits per heavy atom. The Labute approximate surface area is 164 Å². The van der Waals surface area contributed by atoms with E-state index >= 15 is 0 Å². The van der Waals surface area contributed by atoms with Crippen LogP contribution in [0.1, 0.15) is 33.1 Å². The zero-order valence-corrected chi connectivity index (χ0v) is 16.4. The second-order valence-electron chi connectivity index (χ2n) is 5.94. The van der Waals surface area contributed by atoms with Gasteiger partial charge in [0.2, 0.25) is 5.91 Å². The number of amides is 1. The van der Waals surface area contributed by atoms with Crippen LogP contribution in [-0.4, -0.2) is 18.6 Å². The second kappa shape index (κ2) is 10.3. The molecule has 4 nitrogen and oxygen atoms in total. The van der Waals surface area contributed by atoms with Crippen molar-refractivity contribution >= 4 is 34.8 Å². The summed E-state index contributed by atoms with van der Waals surface area (Å²) < 4.78 is 11.3. The third-order valence-corrected chi connectivity index (χ3v) is 4.26. The van der Waals surface area contributed by atoms with E-state index in [9.17, 15) is 4.79 Å². The predicted octanol–water partition coefficient (Wildman–Crippen LogP) is 5.97. The normalized spacial score (nSPS) is 11.7. The average molecular weight is 396 g/mol. The SMILES string of the molecule is CCC(C)Oc1cccc(NC(=O)CCCOc2ccc(Cl)cc2Cl)c1. The average Bonchev–Trinajstić information content (AvgIpc) is 2.60. The van der Waals surface area contributed by atoms with E-state index in [-0.39, 0.29) is 12.0 Å². The molecule has 1 atom stereocenters. The molecular formula is C20H23Cl2NO3. The maximum Gasteiger partial charge on any atom is 0.224 e. The third kappa shape index (κ3) is 6.77. The van der Waals surface area contributed by atoms with Crippen molar-refractivity contribution in [2.24, 2.45) is 0 Å². The van der Waals surface area contributed by atoms with Crippen molar-refractivity contribution in [3.05, 3.63) is 52.5 Å². The fourth-order valence-corrected chi connectivity index (χ4v) is 2.66. The zero-order chi connectivity index (χ0) is 18.9. The molecule has 0 heterocycles. The maximum absolute atomic E-state index is 12.1. The van der Waals surface area contributed by atoms with Crippen molar-refractivity contribution in [1.29, 1.82) is 0 Å². The monoisotopic (exact) mass is 395 g/mol. The van der Waals surface area contributed by atoms with Gasteiger partial charge in [-0.05, 0) is 50.1 Å². The minimum absolute atomic E-state index is 0.0727. The molecule has 0 aliphatic rings. The predicted molar refractivity (Wildman–Crippen MR) is 107 cm³/mol. The number of hydrogen-bond donors (Lipinski definition) is 1. The van der Waals surface area contributed by atoms with Gasteiger partial charge >= 0.3 is 0 Å². The number of nitrogens with one attached hydrogen (secondary N) is 1. The lowest BCUT2D eigenvalue weighted by Crippen LogP contribution is -2.13. The lowest BCUT2D eigenvalue weighted by molar-refractivity contribution is -0.116. The van der Waals surface area contributed by atoms with Gasteiger partial charge in [-0.1, -0.05) is 36.2 Å². The van der Waals surface area contributed by atoms with E-state index in [1.807, 2.05) is 31.2 Å². The number of halogens is 2. The first-order chi connectivity index (χ1) is 12.5. The topological polar surface area (TPSA) is 47.6 Å². The molecule has 0 aliphatic heterocycles. The summed E-state index contributed by atoms with van der Waals surface area (Å²) in [5, 5.41) is 3.89. The lowest BCUT2D eigenvalue weighted by Gasteiger charge is -2.13. The smallest absolute Gasteiger partial charge is 0.224 e. The summed E-state index contributed by atoms with van der Waals surface area (Å²) in [6, 6.07) is 12.5. The summed E-state index contributed by atoms with van der Waals surface area (Å²) >= 11 is 11.9. The van der Waals surface area contributed by atoms with Gasteiger partial charge in [-0.15, -0.1) is 0 Å². The summed E-state index contributed by atoms with van der Waals surface area (Å²) in [6.07, 6.45) is 1.99. The lowest BCUT2D eigenvalue weighted by atomic mass is 10.2. The molecule has 2 aromatic carbocycles. The number of anilines is 1. The van der Waals surface area contributed by atoms with Gasteiger partial charge in [-0.25, -0.2) is 0 Å². The van der Waals surface area contributed by atoms with Crippen LogP contribution in [0.4, 0.5) is 5.69 Å². The van der Waals surface area contributed by atoms with E-state index in [0.29, 0.717) is 35.2 Å². The van der Waals surface area contributed by atoms with E-state index in [4.69, 9.17) is 32.7 Å². The first-order valence-electron chi connectivity index (χ1n) is 8.62. The van der Waals surface area contributed by atoms with Crippen LogP contribution < -0.4 is 14.8 Å². The largest absolute Gasteiger partial charge is 0.492 e. The van der Waals surface area contributed by atoms with Crippen LogP contribution in [0.25, 0.3) is 0 Å². The van der Waals surface area contributed by atoms with Crippen LogP contribution in [0.2, 0.25) is 10.0 Å². The molecule has 2 aromatic rings. The van der Waals surface area contributed by atoms with Gasteiger partial charge in [0.15, 0.2) is 0 Å². The van der Waals surface area contributed by atoms with Gasteiger partial charge in [0.05, 0.1) is 17.7 Å². The maximum atomic E-state index is 12.1. The molecule has 140 valence electrons. The Morgan fingerprint density at radius 1 is 1.19 bits per heavy atom. The molecule has 0 bridgehead atoms. The minimum Gasteiger partial charge on any atom is -0.492 e. The number of hydrogen-bond acceptors (Lipinski definition) is 3. The van der Waals surface area contributed by atoms with Gasteiger partial charge in [-0.3, -0.25) is 4.79 Å². The van der Waals surface area contributed by atoms with Crippen molar-refractivity contribution < 1.29 is 14.3 Å². The van der Waals surface area contributed by atoms with E-state index in [1.165, 1.54) is 0 Å². The molecule has 0 saturated carbocycles. The van der Waals surface area contributed by atoms with Crippen molar-refractivity contribution in [2.45, 2.75) is 39.2 Å². The first kappa shape index (κ1) is 20.4. The number of ether oxygens (including phenoxy) is 2. The van der Waals surface area contributed by atoms with Gasteiger partial charge in [0.1, 0.15) is 11.5 Å². The standard InChI is InChI=1S/C20H23Cl2NO3/c1-3-14(2)26-17-7-4-6-16(13-17)23-20(24)8-5-11-25-19-10-9-15(21)12-18(19)22/h4,6-7,9-10,12-14H,3,5,8,11H2,1-2H3,(H,23,24). The highest BCUT2D eigenvalue weighted by molar-refractivity contribution is 6.35. The van der Waals surface area contributed by atoms with Crippen LogP contribution in [0.5, 0.6) is 11.5 Å². The van der Waals surface area contributed by atoms with Crippen LogP contribution in [0, 0.1) is 0 Å². The molecule has 0 saturated heterocycles. The molecule has 0 spiro atoms. The highest BCUT2D eigenvalue weighted by atomic mass is 35.5. The summed E-state index contributed by atoms with van der Waals surface area (Å²) in [4.78, 5) is 12.1. The molecule has 26 heavy (non-hydrogen) atoms. The third-order valence-electron chi connectivity index (χ3n) is 3.73. The Kier molecular flexibility index (Phi) is 8.07. The second-order valence-corrected chi connectivity index (χ2v) is 6.78. The van der Waals surface area contributed by atoms with Crippen molar-refractivity contribution in [3.63, 3.8) is 0 Å². The molecular weight excluding hydrogens is 373 g/mol. The summed E-state index contributed by atoms with van der Waals surface area (Å²) in [5.41, 5.74) is 0.720. The molecule has 2 rings (SSSR count). The molecule has 1 unspecified atom stereocenters. The highest BCUT2D eigenvalue weighted by Crippen LogP contribution is 2.27. The van der Waals surface area contributed by atoms with Crippen molar-refractivity contribution in [2.75, 3.05) is 11.9 Å². The Hall–Kier alpha value is -1.91. The van der Waals surface area contributed by atoms with Crippen LogP contribution in [0.3, 0.4) is 0 Å². The Bertz CT molecular complexity index is 737. The van der Waals surface area contributed by atoms with E-state index in [0.717, 1.165) is 17.9 Å². The Balaban J connectivity index is 1.75. The number of carbonyl (C=O) groups excluding carboxylic acids is 1. The van der Waals surface area contributed by atoms with Gasteiger partial charge in [0, 0.05) is 23.2 Å². The Morgan fingerprint density at radius 3 is 2.73 bits per heavy atom. The molecule has 0 aromatic heterocycles. The van der Waals surface area contributed by atoms with E-state index in [1.54, 1.807) is 18.2 Å². The molecule has 1 amide bonds. The van der Waals surface area contributed by atoms with Crippen molar-refractivity contribution in [1.82, 2.24) is 0 Å². The molecule has 0 aliphatic carbocycles. The van der Waals surface area contributed by atoms with E-state index in [2.05, 4.69) is 12.2 Å². The van der Waals surface area contributed by atoms with Crippen LogP contribution in [0.15, 0.2) is 42.5 Å². The van der Waals surface area contributed by atoms with Gasteiger partial charge < -0.3 is 14.8 Å².